The molecule has 0 saturated heterocycles. The largest absolute Gasteiger partial charge is 0.456 e. The predicted molar refractivity (Wildman–Crippen MR) is 229 cm³/mol. The van der Waals surface area contributed by atoms with Crippen molar-refractivity contribution in [3.8, 4) is 45.0 Å². The zero-order chi connectivity index (χ0) is 37.5. The molecule has 0 fully saturated rings. The van der Waals surface area contributed by atoms with Crippen LogP contribution in [0.2, 0.25) is 0 Å². The summed E-state index contributed by atoms with van der Waals surface area (Å²) in [5.74, 6) is 1.81. The van der Waals surface area contributed by atoms with Gasteiger partial charge >= 0.3 is 0 Å². The zero-order valence-electron chi connectivity index (χ0n) is 30.7. The van der Waals surface area contributed by atoms with E-state index in [2.05, 4.69) is 150 Å². The highest BCUT2D eigenvalue weighted by Crippen LogP contribution is 2.63. The molecule has 0 bridgehead atoms. The van der Waals surface area contributed by atoms with Gasteiger partial charge in [0.1, 0.15) is 11.2 Å². The monoisotopic (exact) mass is 728 g/mol. The van der Waals surface area contributed by atoms with Crippen LogP contribution in [0.25, 0.3) is 67.0 Å². The SMILES string of the molecule is c1ccc(-c2nc(-c3ccccc3)nc(N3c4ccccc4C4(c5ccccc5-c5ccc(-c6ccc7c(c6)oc6ccccc67)cc54)c4ccccc43)n2)cc1. The lowest BCUT2D eigenvalue weighted by Gasteiger charge is -2.44. The molecule has 12 rings (SSSR count). The topological polar surface area (TPSA) is 55.1 Å². The van der Waals surface area contributed by atoms with Crippen LogP contribution in [0.5, 0.6) is 0 Å². The predicted octanol–water partition coefficient (Wildman–Crippen LogP) is 12.9. The van der Waals surface area contributed by atoms with Crippen molar-refractivity contribution in [2.75, 3.05) is 4.90 Å². The molecule has 8 aromatic carbocycles. The maximum Gasteiger partial charge on any atom is 0.238 e. The fraction of sp³-hybridized carbons (Fsp3) is 0.0192. The normalized spacial score (nSPS) is 13.4. The molecule has 5 heteroatoms. The molecule has 2 aromatic heterocycles. The van der Waals surface area contributed by atoms with Crippen molar-refractivity contribution >= 4 is 39.3 Å². The first-order valence-electron chi connectivity index (χ1n) is 19.3. The van der Waals surface area contributed by atoms with E-state index in [1.54, 1.807) is 0 Å². The lowest BCUT2D eigenvalue weighted by molar-refractivity contribution is 0.669. The molecular formula is C52H32N4O. The highest BCUT2D eigenvalue weighted by molar-refractivity contribution is 6.06. The molecule has 3 heterocycles. The fourth-order valence-corrected chi connectivity index (χ4v) is 9.30. The average molecular weight is 729 g/mol. The molecule has 1 spiro atoms. The molecule has 0 atom stereocenters. The molecule has 0 amide bonds. The van der Waals surface area contributed by atoms with E-state index < -0.39 is 5.41 Å². The molecule has 2 aliphatic rings. The first kappa shape index (κ1) is 31.7. The molecule has 0 N–H and O–H groups in total. The van der Waals surface area contributed by atoms with Crippen molar-refractivity contribution < 1.29 is 4.42 Å². The number of rotatable bonds is 4. The van der Waals surface area contributed by atoms with Gasteiger partial charge in [0.05, 0.1) is 16.8 Å². The minimum atomic E-state index is -0.618. The Hall–Kier alpha value is -7.63. The smallest absolute Gasteiger partial charge is 0.238 e. The Balaban J connectivity index is 1.11. The number of benzene rings is 8. The Bertz CT molecular complexity index is 3100. The van der Waals surface area contributed by atoms with Crippen molar-refractivity contribution in [2.45, 2.75) is 5.41 Å². The van der Waals surface area contributed by atoms with Crippen LogP contribution in [0.4, 0.5) is 17.3 Å². The Morgan fingerprint density at radius 1 is 0.368 bits per heavy atom. The Labute approximate surface area is 329 Å². The summed E-state index contributed by atoms with van der Waals surface area (Å²) in [7, 11) is 0. The summed E-state index contributed by atoms with van der Waals surface area (Å²) in [6.45, 7) is 0. The van der Waals surface area contributed by atoms with E-state index in [9.17, 15) is 0 Å². The first-order chi connectivity index (χ1) is 28.3. The van der Waals surface area contributed by atoms with Gasteiger partial charge < -0.3 is 4.42 Å². The zero-order valence-corrected chi connectivity index (χ0v) is 30.7. The maximum atomic E-state index is 6.37. The summed E-state index contributed by atoms with van der Waals surface area (Å²) in [5, 5.41) is 2.26. The van der Waals surface area contributed by atoms with Crippen LogP contribution in [0.1, 0.15) is 22.3 Å². The van der Waals surface area contributed by atoms with Gasteiger partial charge in [-0.2, -0.15) is 9.97 Å². The fourth-order valence-electron chi connectivity index (χ4n) is 9.30. The van der Waals surface area contributed by atoms with E-state index in [1.807, 2.05) is 48.5 Å². The third kappa shape index (κ3) is 4.60. The van der Waals surface area contributed by atoms with Gasteiger partial charge in [-0.15, -0.1) is 0 Å². The van der Waals surface area contributed by atoms with Gasteiger partial charge in [-0.3, -0.25) is 4.90 Å². The van der Waals surface area contributed by atoms with Crippen molar-refractivity contribution in [2.24, 2.45) is 0 Å². The third-order valence-electron chi connectivity index (χ3n) is 11.7. The second kappa shape index (κ2) is 12.2. The standard InChI is InChI=1S/C52H32N4O/c1-3-15-33(16-4-1)49-53-50(34-17-5-2-6-18-34)55-51(54-49)56-45-24-12-10-22-42(45)52(43-23-11-13-25-46(43)56)41-21-9-7-19-37(41)38-29-27-35(31-44(38)52)36-28-30-40-39-20-8-14-26-47(39)57-48(40)32-36/h1-32H. The Morgan fingerprint density at radius 2 is 0.895 bits per heavy atom. The van der Waals surface area contributed by atoms with Crippen LogP contribution in [-0.4, -0.2) is 15.0 Å². The van der Waals surface area contributed by atoms with Crippen LogP contribution < -0.4 is 4.90 Å². The van der Waals surface area contributed by atoms with E-state index in [0.717, 1.165) is 55.6 Å². The second-order valence-corrected chi connectivity index (χ2v) is 14.7. The summed E-state index contributed by atoms with van der Waals surface area (Å²) < 4.78 is 6.37. The number of fused-ring (bicyclic) bond motifs is 12. The quantitative estimate of drug-likeness (QED) is 0.181. The number of hydrogen-bond acceptors (Lipinski definition) is 5. The Morgan fingerprint density at radius 3 is 1.60 bits per heavy atom. The van der Waals surface area contributed by atoms with Gasteiger partial charge in [-0.05, 0) is 80.9 Å². The van der Waals surface area contributed by atoms with Gasteiger partial charge in [-0.25, -0.2) is 4.98 Å². The molecule has 57 heavy (non-hydrogen) atoms. The molecule has 0 radical (unpaired) electrons. The van der Waals surface area contributed by atoms with E-state index >= 15 is 0 Å². The van der Waals surface area contributed by atoms with Gasteiger partial charge in [-0.1, -0.05) is 158 Å². The summed E-state index contributed by atoms with van der Waals surface area (Å²) in [6.07, 6.45) is 0. The van der Waals surface area contributed by atoms with E-state index in [0.29, 0.717) is 17.6 Å². The maximum absolute atomic E-state index is 6.37. The Kier molecular flexibility index (Phi) is 6.78. The van der Waals surface area contributed by atoms with Crippen LogP contribution in [0.15, 0.2) is 199 Å². The number of anilines is 3. The minimum Gasteiger partial charge on any atom is -0.456 e. The average Bonchev–Trinajstić information content (AvgIpc) is 3.80. The summed E-state index contributed by atoms with van der Waals surface area (Å²) >= 11 is 0. The van der Waals surface area contributed by atoms with Crippen LogP contribution in [0.3, 0.4) is 0 Å². The third-order valence-corrected chi connectivity index (χ3v) is 11.7. The molecular weight excluding hydrogens is 697 g/mol. The molecule has 266 valence electrons. The van der Waals surface area contributed by atoms with Gasteiger partial charge in [0.2, 0.25) is 5.95 Å². The highest BCUT2D eigenvalue weighted by atomic mass is 16.3. The highest BCUT2D eigenvalue weighted by Gasteiger charge is 2.52. The van der Waals surface area contributed by atoms with E-state index in [-0.39, 0.29) is 0 Å². The molecule has 1 aliphatic heterocycles. The summed E-state index contributed by atoms with van der Waals surface area (Å²) in [5.41, 5.74) is 14.6. The molecule has 0 saturated carbocycles. The van der Waals surface area contributed by atoms with Gasteiger partial charge in [0.15, 0.2) is 11.6 Å². The summed E-state index contributed by atoms with van der Waals surface area (Å²) in [4.78, 5) is 17.7. The van der Waals surface area contributed by atoms with E-state index in [4.69, 9.17) is 19.4 Å². The van der Waals surface area contributed by atoms with Crippen molar-refractivity contribution in [3.05, 3.63) is 216 Å². The van der Waals surface area contributed by atoms with Crippen LogP contribution >= 0.6 is 0 Å². The number of nitrogens with zero attached hydrogens (tertiary/aromatic N) is 4. The van der Waals surface area contributed by atoms with Crippen molar-refractivity contribution in [1.82, 2.24) is 15.0 Å². The number of aromatic nitrogens is 3. The molecule has 10 aromatic rings. The molecule has 5 nitrogen and oxygen atoms in total. The van der Waals surface area contributed by atoms with Crippen molar-refractivity contribution in [1.29, 1.82) is 0 Å². The lowest BCUT2D eigenvalue weighted by Crippen LogP contribution is -2.36. The van der Waals surface area contributed by atoms with E-state index in [1.165, 1.54) is 33.4 Å². The van der Waals surface area contributed by atoms with Gasteiger partial charge in [0.25, 0.3) is 0 Å². The lowest BCUT2D eigenvalue weighted by atomic mass is 9.64. The minimum absolute atomic E-state index is 0.567. The first-order valence-corrected chi connectivity index (χ1v) is 19.3. The second-order valence-electron chi connectivity index (χ2n) is 14.7. The number of para-hydroxylation sites is 3. The van der Waals surface area contributed by atoms with Crippen molar-refractivity contribution in [3.63, 3.8) is 0 Å². The van der Waals surface area contributed by atoms with Crippen LogP contribution in [0, 0.1) is 0 Å². The summed E-state index contributed by atoms with van der Waals surface area (Å²) in [6, 6.07) is 68.6. The number of furan rings is 1. The number of hydrogen-bond donors (Lipinski definition) is 0. The molecule has 0 unspecified atom stereocenters. The van der Waals surface area contributed by atoms with Crippen LogP contribution in [-0.2, 0) is 5.41 Å². The molecule has 1 aliphatic carbocycles. The van der Waals surface area contributed by atoms with Gasteiger partial charge in [0, 0.05) is 21.9 Å².